The van der Waals surface area contributed by atoms with Crippen molar-refractivity contribution in [2.24, 2.45) is 0 Å². The van der Waals surface area contributed by atoms with E-state index in [1.54, 1.807) is 6.92 Å². The van der Waals surface area contributed by atoms with E-state index in [2.05, 4.69) is 5.32 Å². The van der Waals surface area contributed by atoms with Crippen molar-refractivity contribution < 1.29 is 14.3 Å². The number of esters is 1. The molecule has 0 unspecified atom stereocenters. The normalized spacial score (nSPS) is 16.8. The largest absolute Gasteiger partial charge is 0.457 e. The average molecular weight is 211 g/mol. The minimum absolute atomic E-state index is 0.113. The maximum absolute atomic E-state index is 11.5. The summed E-state index contributed by atoms with van der Waals surface area (Å²) >= 11 is 0. The van der Waals surface area contributed by atoms with E-state index in [0.29, 0.717) is 6.54 Å². The number of ether oxygens (including phenoxy) is 1. The fourth-order valence-electron chi connectivity index (χ4n) is 1.44. The lowest BCUT2D eigenvalue weighted by atomic mass is 10.2. The van der Waals surface area contributed by atoms with Crippen LogP contribution in [0.25, 0.3) is 0 Å². The van der Waals surface area contributed by atoms with Crippen molar-refractivity contribution in [3.8, 4) is 0 Å². The summed E-state index contributed by atoms with van der Waals surface area (Å²) in [6.07, 6.45) is 4.46. The Morgan fingerprint density at radius 1 is 1.60 bits per heavy atom. The van der Waals surface area contributed by atoms with Gasteiger partial charge in [0.25, 0.3) is 0 Å². The molecule has 0 fully saturated rings. The highest BCUT2D eigenvalue weighted by Gasteiger charge is 2.17. The van der Waals surface area contributed by atoms with Gasteiger partial charge in [0.05, 0.1) is 6.54 Å². The Balaban J connectivity index is 2.27. The third kappa shape index (κ3) is 4.14. The zero-order valence-electron chi connectivity index (χ0n) is 9.21. The molecular formula is C11H17NO3. The molecule has 0 radical (unpaired) electrons. The van der Waals surface area contributed by atoms with Gasteiger partial charge >= 0.3 is 5.97 Å². The van der Waals surface area contributed by atoms with Crippen LogP contribution in [0.1, 0.15) is 33.1 Å². The lowest BCUT2D eigenvalue weighted by Gasteiger charge is -2.13. The van der Waals surface area contributed by atoms with Crippen LogP contribution in [-0.4, -0.2) is 24.5 Å². The average Bonchev–Trinajstić information content (AvgIpc) is 2.67. The molecule has 0 saturated carbocycles. The maximum atomic E-state index is 11.5. The summed E-state index contributed by atoms with van der Waals surface area (Å²) < 4.78 is 5.16. The first-order valence-electron chi connectivity index (χ1n) is 5.24. The molecule has 1 atom stereocenters. The highest BCUT2D eigenvalue weighted by Crippen LogP contribution is 2.18. The van der Waals surface area contributed by atoms with Gasteiger partial charge in [-0.25, -0.2) is 4.79 Å². The Bertz CT molecular complexity index is 284. The van der Waals surface area contributed by atoms with Gasteiger partial charge in [0.2, 0.25) is 5.91 Å². The van der Waals surface area contributed by atoms with Crippen molar-refractivity contribution in [1.29, 1.82) is 0 Å². The molecule has 0 saturated heterocycles. The Hall–Kier alpha value is -1.32. The Kier molecular flexibility index (Phi) is 4.34. The second-order valence-corrected chi connectivity index (χ2v) is 3.77. The zero-order valence-corrected chi connectivity index (χ0v) is 9.21. The van der Waals surface area contributed by atoms with E-state index in [-0.39, 0.29) is 18.0 Å². The Labute approximate surface area is 89.7 Å². The highest BCUT2D eigenvalue weighted by molar-refractivity contribution is 5.89. The minimum Gasteiger partial charge on any atom is -0.457 e. The van der Waals surface area contributed by atoms with E-state index < -0.39 is 0 Å². The fraction of sp³-hybridized carbons (Fsp3) is 0.636. The number of amides is 1. The molecule has 1 N–H and O–H groups in total. The van der Waals surface area contributed by atoms with Crippen LogP contribution in [0.15, 0.2) is 11.6 Å². The molecule has 4 nitrogen and oxygen atoms in total. The van der Waals surface area contributed by atoms with Crippen molar-refractivity contribution in [1.82, 2.24) is 5.32 Å². The highest BCUT2D eigenvalue weighted by atomic mass is 16.5. The summed E-state index contributed by atoms with van der Waals surface area (Å²) in [7, 11) is 0. The molecule has 1 rings (SSSR count). The number of nitrogens with one attached hydrogen (secondary N) is 1. The van der Waals surface area contributed by atoms with E-state index in [4.69, 9.17) is 4.74 Å². The molecule has 0 aliphatic heterocycles. The number of carbonyl (C=O) groups is 2. The SMILES string of the molecule is CC(=O)NC[C@H](C)OC(=O)C1=CCCC1. The van der Waals surface area contributed by atoms with Gasteiger partial charge in [0.15, 0.2) is 0 Å². The van der Waals surface area contributed by atoms with E-state index in [0.717, 1.165) is 24.8 Å². The lowest BCUT2D eigenvalue weighted by molar-refractivity contribution is -0.144. The van der Waals surface area contributed by atoms with Crippen LogP contribution in [0.5, 0.6) is 0 Å². The molecule has 1 aliphatic carbocycles. The first-order chi connectivity index (χ1) is 7.09. The monoisotopic (exact) mass is 211 g/mol. The summed E-state index contributed by atoms with van der Waals surface area (Å²) in [5.41, 5.74) is 0.768. The summed E-state index contributed by atoms with van der Waals surface area (Å²) in [6, 6.07) is 0. The summed E-state index contributed by atoms with van der Waals surface area (Å²) in [5, 5.41) is 2.61. The van der Waals surface area contributed by atoms with Gasteiger partial charge in [-0.15, -0.1) is 0 Å². The molecule has 15 heavy (non-hydrogen) atoms. The van der Waals surface area contributed by atoms with Gasteiger partial charge in [0, 0.05) is 12.5 Å². The molecule has 0 aromatic rings. The number of hydrogen-bond donors (Lipinski definition) is 1. The Morgan fingerprint density at radius 3 is 2.87 bits per heavy atom. The van der Waals surface area contributed by atoms with Gasteiger partial charge in [-0.1, -0.05) is 6.08 Å². The second-order valence-electron chi connectivity index (χ2n) is 3.77. The zero-order chi connectivity index (χ0) is 11.3. The van der Waals surface area contributed by atoms with Crippen LogP contribution < -0.4 is 5.32 Å². The molecule has 4 heteroatoms. The van der Waals surface area contributed by atoms with Gasteiger partial charge < -0.3 is 10.1 Å². The summed E-state index contributed by atoms with van der Waals surface area (Å²) in [4.78, 5) is 22.1. The van der Waals surface area contributed by atoms with E-state index in [9.17, 15) is 9.59 Å². The van der Waals surface area contributed by atoms with Crippen LogP contribution in [-0.2, 0) is 14.3 Å². The smallest absolute Gasteiger partial charge is 0.334 e. The third-order valence-electron chi connectivity index (χ3n) is 2.25. The van der Waals surface area contributed by atoms with Gasteiger partial charge in [-0.05, 0) is 26.2 Å². The molecule has 0 aromatic carbocycles. The van der Waals surface area contributed by atoms with Gasteiger partial charge in [0.1, 0.15) is 6.10 Å². The molecule has 0 bridgehead atoms. The van der Waals surface area contributed by atoms with Crippen molar-refractivity contribution in [2.45, 2.75) is 39.2 Å². The van der Waals surface area contributed by atoms with Crippen LogP contribution in [0.3, 0.4) is 0 Å². The molecule has 1 amide bonds. The van der Waals surface area contributed by atoms with Gasteiger partial charge in [-0.2, -0.15) is 0 Å². The van der Waals surface area contributed by atoms with Crippen molar-refractivity contribution >= 4 is 11.9 Å². The van der Waals surface area contributed by atoms with Gasteiger partial charge in [-0.3, -0.25) is 4.79 Å². The van der Waals surface area contributed by atoms with Crippen LogP contribution in [0.2, 0.25) is 0 Å². The predicted octanol–water partition coefficient (Wildman–Crippen LogP) is 1.16. The number of rotatable bonds is 4. The van der Waals surface area contributed by atoms with E-state index in [1.807, 2.05) is 6.08 Å². The second kappa shape index (κ2) is 5.53. The van der Waals surface area contributed by atoms with Crippen LogP contribution >= 0.6 is 0 Å². The molecule has 0 aromatic heterocycles. The molecule has 0 heterocycles. The number of hydrogen-bond acceptors (Lipinski definition) is 3. The number of allylic oxidation sites excluding steroid dienone is 1. The molecule has 84 valence electrons. The van der Waals surface area contributed by atoms with Crippen molar-refractivity contribution in [2.75, 3.05) is 6.54 Å². The van der Waals surface area contributed by atoms with E-state index in [1.165, 1.54) is 6.92 Å². The maximum Gasteiger partial charge on any atom is 0.334 e. The number of carbonyl (C=O) groups excluding carboxylic acids is 2. The first-order valence-corrected chi connectivity index (χ1v) is 5.24. The molecule has 1 aliphatic rings. The molecule has 0 spiro atoms. The minimum atomic E-state index is -0.275. The lowest BCUT2D eigenvalue weighted by Crippen LogP contribution is -2.31. The predicted molar refractivity (Wildman–Crippen MR) is 56.2 cm³/mol. The molecular weight excluding hydrogens is 194 g/mol. The quantitative estimate of drug-likeness (QED) is 0.710. The van der Waals surface area contributed by atoms with Crippen LogP contribution in [0, 0.1) is 0 Å². The Morgan fingerprint density at radius 2 is 2.33 bits per heavy atom. The fourth-order valence-corrected chi connectivity index (χ4v) is 1.44. The topological polar surface area (TPSA) is 55.4 Å². The van der Waals surface area contributed by atoms with E-state index >= 15 is 0 Å². The van der Waals surface area contributed by atoms with Crippen molar-refractivity contribution in [3.05, 3.63) is 11.6 Å². The summed E-state index contributed by atoms with van der Waals surface area (Å²) in [5.74, 6) is -0.358. The van der Waals surface area contributed by atoms with Crippen molar-refractivity contribution in [3.63, 3.8) is 0 Å². The standard InChI is InChI=1S/C11H17NO3/c1-8(7-12-9(2)13)15-11(14)10-5-3-4-6-10/h5,8H,3-4,6-7H2,1-2H3,(H,12,13)/t8-/m0/s1. The third-order valence-corrected chi connectivity index (χ3v) is 2.25. The van der Waals surface area contributed by atoms with Crippen LogP contribution in [0.4, 0.5) is 0 Å². The summed E-state index contributed by atoms with van der Waals surface area (Å²) in [6.45, 7) is 3.58. The first kappa shape index (κ1) is 11.8.